The number of hydrogen-bond acceptors (Lipinski definition) is 7. The summed E-state index contributed by atoms with van der Waals surface area (Å²) in [6.07, 6.45) is 0. The summed E-state index contributed by atoms with van der Waals surface area (Å²) in [7, 11) is 0. The van der Waals surface area contributed by atoms with Crippen molar-refractivity contribution >= 4 is 22.6 Å². The third-order valence-electron chi connectivity index (χ3n) is 6.77. The van der Waals surface area contributed by atoms with Crippen LogP contribution in [0.2, 0.25) is 0 Å². The molecular weight excluding hydrogens is 470 g/mol. The highest BCUT2D eigenvalue weighted by molar-refractivity contribution is 5.92. The number of carbonyl (C=O) groups is 1. The monoisotopic (exact) mass is 498 g/mol. The average Bonchev–Trinajstić information content (AvgIpc) is 2.83. The molecule has 36 heavy (non-hydrogen) atoms. The average molecular weight is 499 g/mol. The largest absolute Gasteiger partial charge is 0.381 e. The fourth-order valence-corrected chi connectivity index (χ4v) is 4.55. The number of rotatable bonds is 6. The molecule has 3 aromatic rings. The summed E-state index contributed by atoms with van der Waals surface area (Å²) in [4.78, 5) is 39.5. The van der Waals surface area contributed by atoms with Gasteiger partial charge >= 0.3 is 0 Å². The third-order valence-corrected chi connectivity index (χ3v) is 6.77. The van der Waals surface area contributed by atoms with Crippen LogP contribution in [-0.2, 0) is 11.3 Å². The number of benzene rings is 1. The van der Waals surface area contributed by atoms with Crippen LogP contribution in [0.4, 0.5) is 14.5 Å². The van der Waals surface area contributed by atoms with Gasteiger partial charge in [-0.1, -0.05) is 0 Å². The molecule has 2 fully saturated rings. The quantitative estimate of drug-likeness (QED) is 0.535. The van der Waals surface area contributed by atoms with Crippen LogP contribution >= 0.6 is 0 Å². The van der Waals surface area contributed by atoms with Crippen molar-refractivity contribution in [1.29, 1.82) is 0 Å². The summed E-state index contributed by atoms with van der Waals surface area (Å²) in [5.74, 6) is -1.82. The molecule has 0 radical (unpaired) electrons. The van der Waals surface area contributed by atoms with E-state index >= 15 is 0 Å². The van der Waals surface area contributed by atoms with E-state index in [4.69, 9.17) is 4.74 Å². The minimum absolute atomic E-state index is 0.0897. The van der Waals surface area contributed by atoms with E-state index in [1.807, 2.05) is 17.9 Å². The molecule has 0 saturated carbocycles. The first-order valence-corrected chi connectivity index (χ1v) is 12.0. The van der Waals surface area contributed by atoms with Gasteiger partial charge in [-0.3, -0.25) is 14.5 Å². The molecule has 0 spiro atoms. The number of aromatic nitrogens is 3. The van der Waals surface area contributed by atoms with Gasteiger partial charge in [0.25, 0.3) is 11.5 Å². The zero-order valence-corrected chi connectivity index (χ0v) is 20.2. The van der Waals surface area contributed by atoms with Crippen LogP contribution in [0.3, 0.4) is 0 Å². The fourth-order valence-electron chi connectivity index (χ4n) is 4.55. The van der Waals surface area contributed by atoms with Crippen molar-refractivity contribution in [1.82, 2.24) is 25.2 Å². The molecule has 2 saturated heterocycles. The van der Waals surface area contributed by atoms with Gasteiger partial charge in [0, 0.05) is 50.7 Å². The lowest BCUT2D eigenvalue weighted by molar-refractivity contribution is -0.0299. The number of H-pyrrole nitrogens is 1. The van der Waals surface area contributed by atoms with Crippen molar-refractivity contribution < 1.29 is 18.3 Å². The number of carbonyl (C=O) groups excluding carboxylic acids is 1. The SMILES string of the molecule is Cc1nc(C(=O)NCC2COC2)ccc1N1CCN(Cc2cc3[nH]c(=O)c(C)nc3c(F)c2F)CC1. The number of amides is 1. The van der Waals surface area contributed by atoms with Crippen LogP contribution in [0.1, 0.15) is 27.4 Å². The number of aryl methyl sites for hydroxylation is 2. The lowest BCUT2D eigenvalue weighted by Gasteiger charge is -2.36. The number of anilines is 1. The summed E-state index contributed by atoms with van der Waals surface area (Å²) >= 11 is 0. The first-order valence-electron chi connectivity index (χ1n) is 12.0. The first kappa shape index (κ1) is 24.3. The van der Waals surface area contributed by atoms with Crippen molar-refractivity contribution in [3.63, 3.8) is 0 Å². The van der Waals surface area contributed by atoms with E-state index in [2.05, 4.69) is 25.2 Å². The Kier molecular flexibility index (Phi) is 6.67. The maximum Gasteiger partial charge on any atom is 0.269 e. The third kappa shape index (κ3) is 4.80. The topological polar surface area (TPSA) is 103 Å². The highest BCUT2D eigenvalue weighted by Crippen LogP contribution is 2.24. The minimum atomic E-state index is -1.05. The fraction of sp³-hybridized carbons (Fsp3) is 0.440. The van der Waals surface area contributed by atoms with E-state index in [0.717, 1.165) is 11.4 Å². The lowest BCUT2D eigenvalue weighted by Crippen LogP contribution is -2.46. The molecule has 2 aliphatic rings. The Labute approximate surface area is 206 Å². The number of pyridine rings is 1. The molecule has 4 heterocycles. The van der Waals surface area contributed by atoms with E-state index < -0.39 is 17.2 Å². The summed E-state index contributed by atoms with van der Waals surface area (Å²) in [5, 5.41) is 2.90. The van der Waals surface area contributed by atoms with Crippen molar-refractivity contribution in [2.75, 3.05) is 50.8 Å². The summed E-state index contributed by atoms with van der Waals surface area (Å²) in [5.41, 5.74) is 1.95. The molecule has 0 atom stereocenters. The number of hydrogen-bond donors (Lipinski definition) is 2. The number of fused-ring (bicyclic) bond motifs is 1. The highest BCUT2D eigenvalue weighted by Gasteiger charge is 2.24. The second-order valence-corrected chi connectivity index (χ2v) is 9.39. The lowest BCUT2D eigenvalue weighted by atomic mass is 10.1. The molecule has 2 aromatic heterocycles. The number of halogens is 2. The van der Waals surface area contributed by atoms with Crippen LogP contribution in [-0.4, -0.2) is 71.7 Å². The molecule has 9 nitrogen and oxygen atoms in total. The van der Waals surface area contributed by atoms with Crippen molar-refractivity contribution in [2.45, 2.75) is 20.4 Å². The Hall–Kier alpha value is -3.44. The van der Waals surface area contributed by atoms with E-state index in [0.29, 0.717) is 57.5 Å². The highest BCUT2D eigenvalue weighted by atomic mass is 19.2. The number of nitrogens with zero attached hydrogens (tertiary/aromatic N) is 4. The smallest absolute Gasteiger partial charge is 0.269 e. The van der Waals surface area contributed by atoms with Gasteiger partial charge in [-0.15, -0.1) is 0 Å². The summed E-state index contributed by atoms with van der Waals surface area (Å²) < 4.78 is 34.5. The number of nitrogens with one attached hydrogen (secondary N) is 2. The molecular formula is C25H28F2N6O3. The maximum atomic E-state index is 14.7. The Morgan fingerprint density at radius 1 is 1.11 bits per heavy atom. The van der Waals surface area contributed by atoms with Gasteiger partial charge in [0.15, 0.2) is 11.6 Å². The van der Waals surface area contributed by atoms with Gasteiger partial charge in [-0.05, 0) is 32.0 Å². The molecule has 0 aliphatic carbocycles. The Morgan fingerprint density at radius 2 is 1.86 bits per heavy atom. The minimum Gasteiger partial charge on any atom is -0.381 e. The summed E-state index contributed by atoms with van der Waals surface area (Å²) in [6.45, 7) is 8.08. The Morgan fingerprint density at radius 3 is 2.53 bits per heavy atom. The van der Waals surface area contributed by atoms with Gasteiger partial charge in [0.1, 0.15) is 16.9 Å². The molecule has 1 aromatic carbocycles. The molecule has 190 valence electrons. The van der Waals surface area contributed by atoms with Gasteiger partial charge in [-0.2, -0.15) is 0 Å². The number of aromatic amines is 1. The molecule has 2 N–H and O–H groups in total. The standard InChI is InChI=1S/C25H28F2N6O3/c1-14-20(4-3-18(29-14)25(35)28-10-16-12-36-13-16)33-7-5-32(6-8-33)11-17-9-19-23(22(27)21(17)26)30-15(2)24(34)31-19/h3-4,9,16H,5-8,10-13H2,1-2H3,(H,28,35)(H,31,34). The van der Waals surface area contributed by atoms with Crippen LogP contribution in [0, 0.1) is 31.4 Å². The summed E-state index contributed by atoms with van der Waals surface area (Å²) in [6, 6.07) is 5.10. The molecule has 1 amide bonds. The molecule has 11 heteroatoms. The van der Waals surface area contributed by atoms with Gasteiger partial charge in [0.05, 0.1) is 30.1 Å². The van der Waals surface area contributed by atoms with E-state index in [1.165, 1.54) is 13.0 Å². The Bertz CT molecular complexity index is 1370. The second kappa shape index (κ2) is 9.90. The van der Waals surface area contributed by atoms with Gasteiger partial charge in [-0.25, -0.2) is 18.7 Å². The molecule has 0 bridgehead atoms. The zero-order chi connectivity index (χ0) is 25.4. The van der Waals surface area contributed by atoms with Crippen molar-refractivity contribution in [3.05, 3.63) is 62.8 Å². The van der Waals surface area contributed by atoms with E-state index in [-0.39, 0.29) is 34.7 Å². The Balaban J connectivity index is 1.22. The molecule has 2 aliphatic heterocycles. The number of piperazine rings is 1. The van der Waals surface area contributed by atoms with Crippen molar-refractivity contribution in [2.24, 2.45) is 5.92 Å². The van der Waals surface area contributed by atoms with Crippen LogP contribution in [0.5, 0.6) is 0 Å². The second-order valence-electron chi connectivity index (χ2n) is 9.39. The maximum absolute atomic E-state index is 14.7. The van der Waals surface area contributed by atoms with Crippen LogP contribution < -0.4 is 15.8 Å². The van der Waals surface area contributed by atoms with E-state index in [9.17, 15) is 18.4 Å². The van der Waals surface area contributed by atoms with E-state index in [1.54, 1.807) is 6.07 Å². The normalized spacial score (nSPS) is 16.8. The van der Waals surface area contributed by atoms with Crippen LogP contribution in [0.25, 0.3) is 11.0 Å². The predicted molar refractivity (Wildman–Crippen MR) is 130 cm³/mol. The van der Waals surface area contributed by atoms with Crippen molar-refractivity contribution in [3.8, 4) is 0 Å². The van der Waals surface area contributed by atoms with Gasteiger partial charge in [0.2, 0.25) is 0 Å². The molecule has 5 rings (SSSR count). The zero-order valence-electron chi connectivity index (χ0n) is 20.2. The van der Waals surface area contributed by atoms with Gasteiger partial charge < -0.3 is 19.9 Å². The first-order chi connectivity index (χ1) is 17.3. The predicted octanol–water partition coefficient (Wildman–Crippen LogP) is 1.91. The number of ether oxygens (including phenoxy) is 1. The van der Waals surface area contributed by atoms with Crippen LogP contribution in [0.15, 0.2) is 23.0 Å². The molecule has 0 unspecified atom stereocenters.